The smallest absolute Gasteiger partial charge is 0.293 e. The van der Waals surface area contributed by atoms with Crippen LogP contribution in [0.1, 0.15) is 26.2 Å². The van der Waals surface area contributed by atoms with E-state index >= 15 is 0 Å². The number of piperidine rings is 1. The zero-order valence-electron chi connectivity index (χ0n) is 11.6. The summed E-state index contributed by atoms with van der Waals surface area (Å²) in [6.45, 7) is 2.80. The minimum Gasteiger partial charge on any atom is -0.363 e. The van der Waals surface area contributed by atoms with Crippen LogP contribution in [0.2, 0.25) is 0 Å². The maximum Gasteiger partial charge on any atom is 0.293 e. The van der Waals surface area contributed by atoms with E-state index in [0.717, 1.165) is 38.1 Å². The molecule has 0 aliphatic carbocycles. The summed E-state index contributed by atoms with van der Waals surface area (Å²) in [6.07, 6.45) is 4.16. The van der Waals surface area contributed by atoms with Crippen LogP contribution >= 0.6 is 0 Å². The van der Waals surface area contributed by atoms with E-state index in [1.54, 1.807) is 6.07 Å². The maximum absolute atomic E-state index is 11.5. The van der Waals surface area contributed by atoms with E-state index in [1.165, 1.54) is 6.07 Å². The molecule has 0 unspecified atom stereocenters. The van der Waals surface area contributed by atoms with Crippen LogP contribution in [0, 0.1) is 10.1 Å². The molecule has 2 rings (SSSR count). The summed E-state index contributed by atoms with van der Waals surface area (Å²) in [4.78, 5) is 12.7. The van der Waals surface area contributed by atoms with Gasteiger partial charge in [-0.15, -0.1) is 0 Å². The van der Waals surface area contributed by atoms with Crippen LogP contribution in [0.15, 0.2) is 23.1 Å². The molecule has 6 nitrogen and oxygen atoms in total. The molecule has 1 aromatic rings. The molecule has 0 spiro atoms. The third kappa shape index (κ3) is 2.92. The van der Waals surface area contributed by atoms with E-state index in [1.807, 2.05) is 11.8 Å². The molecule has 1 heterocycles. The Morgan fingerprint density at radius 3 is 2.60 bits per heavy atom. The van der Waals surface area contributed by atoms with Gasteiger partial charge in [0.25, 0.3) is 5.69 Å². The van der Waals surface area contributed by atoms with Crippen molar-refractivity contribution in [1.29, 1.82) is 0 Å². The summed E-state index contributed by atoms with van der Waals surface area (Å²) in [5, 5.41) is 11.2. The number of sulfone groups is 1. The minimum absolute atomic E-state index is 0.0161. The second-order valence-corrected chi connectivity index (χ2v) is 7.23. The molecule has 0 N–H and O–H groups in total. The van der Waals surface area contributed by atoms with Gasteiger partial charge in [-0.3, -0.25) is 10.1 Å². The number of nitrogens with zero attached hydrogens (tertiary/aromatic N) is 2. The molecular formula is C13H18N2O4S. The first kappa shape index (κ1) is 14.8. The fraction of sp³-hybridized carbons (Fsp3) is 0.538. The quantitative estimate of drug-likeness (QED) is 0.632. The van der Waals surface area contributed by atoms with Gasteiger partial charge in [-0.2, -0.15) is 0 Å². The predicted octanol–water partition coefficient (Wildman–Crippen LogP) is 2.38. The van der Waals surface area contributed by atoms with Crippen molar-refractivity contribution in [3.63, 3.8) is 0 Å². The number of hydrogen-bond acceptors (Lipinski definition) is 5. The van der Waals surface area contributed by atoms with Crippen LogP contribution in [0.3, 0.4) is 0 Å². The predicted molar refractivity (Wildman–Crippen MR) is 76.9 cm³/mol. The number of nitro groups is 1. The second-order valence-electron chi connectivity index (χ2n) is 5.22. The van der Waals surface area contributed by atoms with Crippen molar-refractivity contribution in [2.24, 2.45) is 0 Å². The van der Waals surface area contributed by atoms with Crippen molar-refractivity contribution < 1.29 is 13.3 Å². The van der Waals surface area contributed by atoms with Crippen LogP contribution in [0.4, 0.5) is 11.4 Å². The van der Waals surface area contributed by atoms with Crippen LogP contribution in [-0.4, -0.2) is 32.2 Å². The lowest BCUT2D eigenvalue weighted by molar-refractivity contribution is -0.384. The van der Waals surface area contributed by atoms with Crippen molar-refractivity contribution in [3.8, 4) is 0 Å². The fourth-order valence-electron chi connectivity index (χ4n) is 2.58. The first-order chi connectivity index (χ1) is 9.30. The van der Waals surface area contributed by atoms with Crippen molar-refractivity contribution in [1.82, 2.24) is 0 Å². The van der Waals surface area contributed by atoms with Gasteiger partial charge in [0.15, 0.2) is 9.84 Å². The molecular weight excluding hydrogens is 280 g/mol. The Bertz CT molecular complexity index is 627. The van der Waals surface area contributed by atoms with Crippen LogP contribution in [0.5, 0.6) is 0 Å². The van der Waals surface area contributed by atoms with E-state index in [-0.39, 0.29) is 16.6 Å². The van der Waals surface area contributed by atoms with Gasteiger partial charge in [0.1, 0.15) is 5.69 Å². The Hall–Kier alpha value is -1.63. The molecule has 0 aromatic heterocycles. The van der Waals surface area contributed by atoms with Crippen molar-refractivity contribution in [2.75, 3.05) is 17.7 Å². The van der Waals surface area contributed by atoms with E-state index in [0.29, 0.717) is 5.69 Å². The van der Waals surface area contributed by atoms with Gasteiger partial charge in [-0.1, -0.05) is 0 Å². The Kier molecular flexibility index (Phi) is 3.99. The molecule has 1 atom stereocenters. The molecule has 110 valence electrons. The molecule has 0 radical (unpaired) electrons. The lowest BCUT2D eigenvalue weighted by Crippen LogP contribution is -2.37. The average Bonchev–Trinajstić information content (AvgIpc) is 2.37. The number of anilines is 1. The average molecular weight is 298 g/mol. The number of rotatable bonds is 3. The first-order valence-electron chi connectivity index (χ1n) is 6.56. The molecule has 0 saturated carbocycles. The maximum atomic E-state index is 11.5. The summed E-state index contributed by atoms with van der Waals surface area (Å²) in [5.74, 6) is 0. The molecule has 7 heteroatoms. The van der Waals surface area contributed by atoms with Gasteiger partial charge in [-0.25, -0.2) is 8.42 Å². The monoisotopic (exact) mass is 298 g/mol. The van der Waals surface area contributed by atoms with E-state index in [9.17, 15) is 18.5 Å². The van der Waals surface area contributed by atoms with Gasteiger partial charge in [0, 0.05) is 24.9 Å². The molecule has 1 fully saturated rings. The van der Waals surface area contributed by atoms with Crippen LogP contribution < -0.4 is 4.90 Å². The minimum atomic E-state index is -3.44. The molecule has 0 amide bonds. The van der Waals surface area contributed by atoms with Gasteiger partial charge in [-0.05, 0) is 38.3 Å². The van der Waals surface area contributed by atoms with Crippen molar-refractivity contribution >= 4 is 21.2 Å². The fourth-order valence-corrected chi connectivity index (χ4v) is 3.22. The van der Waals surface area contributed by atoms with Gasteiger partial charge >= 0.3 is 0 Å². The highest BCUT2D eigenvalue weighted by atomic mass is 32.2. The summed E-state index contributed by atoms with van der Waals surface area (Å²) in [7, 11) is -3.44. The topological polar surface area (TPSA) is 80.5 Å². The SMILES string of the molecule is C[C@H]1CCCCN1c1ccc(S(C)(=O)=O)cc1[N+](=O)[O-]. The molecule has 1 aliphatic rings. The largest absolute Gasteiger partial charge is 0.363 e. The molecule has 1 aliphatic heterocycles. The van der Waals surface area contributed by atoms with Gasteiger partial charge in [0.2, 0.25) is 0 Å². The summed E-state index contributed by atoms with van der Waals surface area (Å²) in [6, 6.07) is 4.38. The van der Waals surface area contributed by atoms with Crippen molar-refractivity contribution in [3.05, 3.63) is 28.3 Å². The summed E-state index contributed by atoms with van der Waals surface area (Å²) >= 11 is 0. The zero-order valence-corrected chi connectivity index (χ0v) is 12.4. The Balaban J connectivity index is 2.50. The normalized spacial score (nSPS) is 19.9. The third-order valence-electron chi connectivity index (χ3n) is 3.68. The molecule has 20 heavy (non-hydrogen) atoms. The van der Waals surface area contributed by atoms with Gasteiger partial charge < -0.3 is 4.90 Å². The zero-order chi connectivity index (χ0) is 14.9. The van der Waals surface area contributed by atoms with E-state index in [4.69, 9.17) is 0 Å². The van der Waals surface area contributed by atoms with E-state index < -0.39 is 14.8 Å². The second kappa shape index (κ2) is 5.40. The summed E-state index contributed by atoms with van der Waals surface area (Å²) < 4.78 is 23.0. The summed E-state index contributed by atoms with van der Waals surface area (Å²) in [5.41, 5.74) is 0.372. The number of hydrogen-bond donors (Lipinski definition) is 0. The Labute approximate surface area is 118 Å². The molecule has 1 aromatic carbocycles. The lowest BCUT2D eigenvalue weighted by Gasteiger charge is -2.35. The Morgan fingerprint density at radius 2 is 2.05 bits per heavy atom. The highest BCUT2D eigenvalue weighted by Gasteiger charge is 2.26. The van der Waals surface area contributed by atoms with Crippen molar-refractivity contribution in [2.45, 2.75) is 37.1 Å². The third-order valence-corrected chi connectivity index (χ3v) is 4.79. The first-order valence-corrected chi connectivity index (χ1v) is 8.45. The van der Waals surface area contributed by atoms with Crippen LogP contribution in [0.25, 0.3) is 0 Å². The lowest BCUT2D eigenvalue weighted by atomic mass is 10.0. The van der Waals surface area contributed by atoms with Gasteiger partial charge in [0.05, 0.1) is 9.82 Å². The Morgan fingerprint density at radius 1 is 1.35 bits per heavy atom. The molecule has 0 bridgehead atoms. The highest BCUT2D eigenvalue weighted by Crippen LogP contribution is 2.34. The number of nitro benzene ring substituents is 1. The molecule has 1 saturated heterocycles. The van der Waals surface area contributed by atoms with E-state index in [2.05, 4.69) is 0 Å². The van der Waals surface area contributed by atoms with Crippen LogP contribution in [-0.2, 0) is 9.84 Å². The highest BCUT2D eigenvalue weighted by molar-refractivity contribution is 7.90. The standard InChI is InChI=1S/C13H18N2O4S/c1-10-5-3-4-8-14(10)12-7-6-11(20(2,18)19)9-13(12)15(16)17/h6-7,9-10H,3-5,8H2,1-2H3/t10-/m0/s1. The number of benzene rings is 1.